The van der Waals surface area contributed by atoms with Gasteiger partial charge in [0.05, 0.1) is 0 Å². The Labute approximate surface area is 147 Å². The van der Waals surface area contributed by atoms with Crippen molar-refractivity contribution in [1.82, 2.24) is 15.5 Å². The predicted molar refractivity (Wildman–Crippen MR) is 98.3 cm³/mol. The first-order valence-corrected chi connectivity index (χ1v) is 9.40. The van der Waals surface area contributed by atoms with Gasteiger partial charge in [-0.25, -0.2) is 9.59 Å². The smallest absolute Gasteiger partial charge is 0.326 e. The number of carboxylic acid groups (broad SMARTS) is 1. The van der Waals surface area contributed by atoms with Crippen LogP contribution in [0.1, 0.15) is 66.2 Å². The quantitative estimate of drug-likeness (QED) is 0.423. The summed E-state index contributed by atoms with van der Waals surface area (Å²) in [5.74, 6) is -0.763. The molecule has 142 valence electrons. The minimum absolute atomic E-state index is 0.220. The first kappa shape index (κ1) is 22.7. The van der Waals surface area contributed by atoms with E-state index in [1.54, 1.807) is 0 Å². The molecule has 0 saturated heterocycles. The largest absolute Gasteiger partial charge is 0.480 e. The molecule has 0 heterocycles. The molecular weight excluding hydrogens is 306 g/mol. The number of aliphatic carboxylic acids is 1. The molecule has 6 heteroatoms. The van der Waals surface area contributed by atoms with Crippen molar-refractivity contribution in [3.63, 3.8) is 0 Å². The first-order valence-electron chi connectivity index (χ1n) is 9.40. The van der Waals surface area contributed by atoms with Gasteiger partial charge in [-0.2, -0.15) is 0 Å². The molecule has 0 aromatic carbocycles. The summed E-state index contributed by atoms with van der Waals surface area (Å²) in [5, 5.41) is 14.4. The summed E-state index contributed by atoms with van der Waals surface area (Å²) < 4.78 is 0. The first-order chi connectivity index (χ1) is 11.4. The molecule has 0 aromatic heterocycles. The number of rotatable bonds is 14. The molecule has 0 aliphatic carbocycles. The summed E-state index contributed by atoms with van der Waals surface area (Å²) in [6.45, 7) is 12.0. The van der Waals surface area contributed by atoms with Crippen LogP contribution in [0.25, 0.3) is 0 Å². The molecule has 1 unspecified atom stereocenters. The number of urea groups is 1. The second-order valence-corrected chi connectivity index (χ2v) is 6.82. The number of carbonyl (C=O) groups is 2. The molecule has 3 N–H and O–H groups in total. The number of carbonyl (C=O) groups excluding carboxylic acids is 1. The lowest BCUT2D eigenvalue weighted by Crippen LogP contribution is -2.47. The Morgan fingerprint density at radius 3 is 2.00 bits per heavy atom. The van der Waals surface area contributed by atoms with Crippen LogP contribution in [0.15, 0.2) is 0 Å². The lowest BCUT2D eigenvalue weighted by Gasteiger charge is -2.22. The van der Waals surface area contributed by atoms with E-state index in [0.29, 0.717) is 13.0 Å². The van der Waals surface area contributed by atoms with Crippen LogP contribution < -0.4 is 10.6 Å². The molecule has 2 amide bonds. The fourth-order valence-corrected chi connectivity index (χ4v) is 2.51. The molecule has 0 spiro atoms. The second kappa shape index (κ2) is 14.1. The fraction of sp³-hybridized carbons (Fsp3) is 0.889. The van der Waals surface area contributed by atoms with Gasteiger partial charge in [0.1, 0.15) is 6.04 Å². The molecule has 0 aromatic rings. The summed E-state index contributed by atoms with van der Waals surface area (Å²) in [4.78, 5) is 25.4. The van der Waals surface area contributed by atoms with Crippen molar-refractivity contribution in [2.24, 2.45) is 5.92 Å². The molecule has 6 nitrogen and oxygen atoms in total. The van der Waals surface area contributed by atoms with Crippen LogP contribution in [0, 0.1) is 5.92 Å². The normalized spacial score (nSPS) is 12.4. The van der Waals surface area contributed by atoms with Gasteiger partial charge in [-0.3, -0.25) is 0 Å². The van der Waals surface area contributed by atoms with Crippen LogP contribution >= 0.6 is 0 Å². The van der Waals surface area contributed by atoms with E-state index in [1.165, 1.54) is 25.7 Å². The maximum absolute atomic E-state index is 11.8. The van der Waals surface area contributed by atoms with E-state index < -0.39 is 18.0 Å². The van der Waals surface area contributed by atoms with Gasteiger partial charge in [-0.05, 0) is 51.2 Å². The molecule has 0 radical (unpaired) electrons. The Morgan fingerprint density at radius 2 is 1.54 bits per heavy atom. The summed E-state index contributed by atoms with van der Waals surface area (Å²) in [6, 6.07) is -1.22. The minimum Gasteiger partial charge on any atom is -0.480 e. The van der Waals surface area contributed by atoms with Crippen molar-refractivity contribution in [3.05, 3.63) is 0 Å². The van der Waals surface area contributed by atoms with Crippen molar-refractivity contribution in [1.29, 1.82) is 0 Å². The highest BCUT2D eigenvalue weighted by Gasteiger charge is 2.20. The predicted octanol–water partition coefficient (Wildman–Crippen LogP) is 3.08. The number of hydrogen-bond donors (Lipinski definition) is 3. The lowest BCUT2D eigenvalue weighted by atomic mass is 10.0. The number of unbranched alkanes of at least 4 members (excludes halogenated alkanes) is 2. The third kappa shape index (κ3) is 12.2. The van der Waals surface area contributed by atoms with Gasteiger partial charge in [0, 0.05) is 6.54 Å². The molecule has 0 saturated carbocycles. The number of hydrogen-bond acceptors (Lipinski definition) is 3. The summed E-state index contributed by atoms with van der Waals surface area (Å²) in [6.07, 6.45) is 6.10. The van der Waals surface area contributed by atoms with Crippen molar-refractivity contribution < 1.29 is 14.7 Å². The maximum atomic E-state index is 11.8. The van der Waals surface area contributed by atoms with Crippen molar-refractivity contribution >= 4 is 12.0 Å². The maximum Gasteiger partial charge on any atom is 0.326 e. The molecule has 0 rings (SSSR count). The second-order valence-electron chi connectivity index (χ2n) is 6.82. The molecule has 24 heavy (non-hydrogen) atoms. The molecule has 0 fully saturated rings. The average molecular weight is 344 g/mol. The van der Waals surface area contributed by atoms with Gasteiger partial charge in [0.25, 0.3) is 0 Å². The highest BCUT2D eigenvalue weighted by molar-refractivity contribution is 5.82. The Kier molecular flexibility index (Phi) is 13.3. The summed E-state index contributed by atoms with van der Waals surface area (Å²) in [5.41, 5.74) is 0. The van der Waals surface area contributed by atoms with Crippen LogP contribution in [0.4, 0.5) is 4.79 Å². The number of nitrogens with one attached hydrogen (secondary N) is 2. The number of carboxylic acids is 1. The zero-order valence-electron chi connectivity index (χ0n) is 15.9. The monoisotopic (exact) mass is 343 g/mol. The van der Waals surface area contributed by atoms with Crippen LogP contribution in [0.3, 0.4) is 0 Å². The van der Waals surface area contributed by atoms with Gasteiger partial charge >= 0.3 is 12.0 Å². The van der Waals surface area contributed by atoms with Crippen molar-refractivity contribution in [2.45, 2.75) is 72.3 Å². The zero-order valence-corrected chi connectivity index (χ0v) is 15.9. The van der Waals surface area contributed by atoms with E-state index in [4.69, 9.17) is 5.11 Å². The van der Waals surface area contributed by atoms with Gasteiger partial charge in [0.2, 0.25) is 0 Å². The van der Waals surface area contributed by atoms with Crippen LogP contribution in [-0.4, -0.2) is 54.2 Å². The van der Waals surface area contributed by atoms with Gasteiger partial charge in [0.15, 0.2) is 0 Å². The lowest BCUT2D eigenvalue weighted by molar-refractivity contribution is -0.139. The van der Waals surface area contributed by atoms with E-state index in [0.717, 1.165) is 26.1 Å². The van der Waals surface area contributed by atoms with Crippen LogP contribution in [-0.2, 0) is 4.79 Å². The average Bonchev–Trinajstić information content (AvgIpc) is 2.52. The third-order valence-electron chi connectivity index (χ3n) is 3.90. The highest BCUT2D eigenvalue weighted by Crippen LogP contribution is 2.05. The van der Waals surface area contributed by atoms with E-state index in [9.17, 15) is 9.59 Å². The number of amides is 2. The van der Waals surface area contributed by atoms with E-state index in [2.05, 4.69) is 29.4 Å². The SMILES string of the molecule is CCCCN(CCCC)CCCNC(=O)NC(CC(C)C)C(=O)O. The van der Waals surface area contributed by atoms with Crippen LogP contribution in [0.2, 0.25) is 0 Å². The van der Waals surface area contributed by atoms with E-state index in [-0.39, 0.29) is 5.92 Å². The van der Waals surface area contributed by atoms with Crippen molar-refractivity contribution in [3.8, 4) is 0 Å². The standard InChI is InChI=1S/C18H37N3O3/c1-5-7-11-21(12-8-6-2)13-9-10-19-18(24)20-16(17(22)23)14-15(3)4/h15-16H,5-14H2,1-4H3,(H,22,23)(H2,19,20,24). The Morgan fingerprint density at radius 1 is 1.00 bits per heavy atom. The highest BCUT2D eigenvalue weighted by atomic mass is 16.4. The molecular formula is C18H37N3O3. The van der Waals surface area contributed by atoms with Gasteiger partial charge in [-0.1, -0.05) is 40.5 Å². The van der Waals surface area contributed by atoms with E-state index in [1.807, 2.05) is 13.8 Å². The topological polar surface area (TPSA) is 81.7 Å². The Hall–Kier alpha value is -1.30. The summed E-state index contributed by atoms with van der Waals surface area (Å²) >= 11 is 0. The minimum atomic E-state index is -0.982. The van der Waals surface area contributed by atoms with Crippen molar-refractivity contribution in [2.75, 3.05) is 26.2 Å². The van der Waals surface area contributed by atoms with Gasteiger partial charge in [-0.15, -0.1) is 0 Å². The Bertz CT molecular complexity index is 340. The number of nitrogens with zero attached hydrogens (tertiary/aromatic N) is 1. The molecule has 0 aliphatic heterocycles. The fourth-order valence-electron chi connectivity index (χ4n) is 2.51. The molecule has 0 aliphatic rings. The van der Waals surface area contributed by atoms with Gasteiger partial charge < -0.3 is 20.6 Å². The Balaban J connectivity index is 4.05. The molecule has 1 atom stereocenters. The van der Waals surface area contributed by atoms with E-state index >= 15 is 0 Å². The summed E-state index contributed by atoms with van der Waals surface area (Å²) in [7, 11) is 0. The zero-order chi connectivity index (χ0) is 18.4. The molecule has 0 bridgehead atoms. The van der Waals surface area contributed by atoms with Crippen LogP contribution in [0.5, 0.6) is 0 Å². The third-order valence-corrected chi connectivity index (χ3v) is 3.90.